The van der Waals surface area contributed by atoms with Gasteiger partial charge in [0.1, 0.15) is 11.6 Å². The summed E-state index contributed by atoms with van der Waals surface area (Å²) in [7, 11) is 0. The first-order valence-electron chi connectivity index (χ1n) is 50.1. The Morgan fingerprint density at radius 1 is 0.281 bits per heavy atom. The van der Waals surface area contributed by atoms with Gasteiger partial charge in [-0.2, -0.15) is 0 Å². The molecule has 10 atom stereocenters. The van der Waals surface area contributed by atoms with E-state index >= 15 is 0 Å². The van der Waals surface area contributed by atoms with Crippen molar-refractivity contribution in [2.45, 2.75) is 413 Å². The lowest BCUT2D eigenvalue weighted by atomic mass is 9.82. The Morgan fingerprint density at radius 3 is 0.789 bits per heavy atom. The summed E-state index contributed by atoms with van der Waals surface area (Å²) in [6, 6.07) is 22.0. The summed E-state index contributed by atoms with van der Waals surface area (Å²) >= 11 is 0. The monoisotopic (exact) mass is 1800 g/mol. The number of aryl methyl sites for hydroxylation is 8. The molecule has 128 heavy (non-hydrogen) atoms. The standard InChI is InChI=1S/C9H18.C8H8F2.2C8H13F.2C8H9F.C8H16.3C8H14.C8H10.2C7H14O.2C6H12O2.CH4/c1-3-9-6-4-8(2)5-7-9;1-5-3-4-6(2)8(10)7(5)9;4*1-6-3-4-7(2)8(9)5-6;5*1-7-3-5-8(2)6-4-7;2*1-6-3-4-7(2)8-5-6;2*1-5-3-7-6(2)8-4-5;/h8-9H,3-7H2,1-2H3;3-4H,1-2H3;2*6H,3-5H2,1-2H3;2*3-5H,1-2H3;7-8H,3-6H2,1-2H3;2*3,8H,4-6H2,1-2H3;3,5,7-8H,4,6H2,1-2H3;3-6H,1-2H3;2*6-7H,3-5H2,1-2H3;2*5-6H,3-4H2,1-2H3;1H4. The summed E-state index contributed by atoms with van der Waals surface area (Å²) in [5, 5.41) is 0. The number of hydrogen-bond donors (Lipinski definition) is 0. The maximum atomic E-state index is 12.7. The van der Waals surface area contributed by atoms with Gasteiger partial charge in [-0.15, -0.1) is 0 Å². The minimum Gasteiger partial charge on any atom is -0.378 e. The van der Waals surface area contributed by atoms with Crippen LogP contribution in [0.5, 0.6) is 0 Å². The highest BCUT2D eigenvalue weighted by molar-refractivity contribution is 5.25. The maximum absolute atomic E-state index is 12.7. The van der Waals surface area contributed by atoms with E-state index in [-0.39, 0.29) is 43.3 Å². The Hall–Kier alpha value is -5.08. The molecule has 6 nitrogen and oxygen atoms in total. The molecule has 4 aromatic rings. The zero-order chi connectivity index (χ0) is 95.7. The van der Waals surface area contributed by atoms with Crippen molar-refractivity contribution in [1.82, 2.24) is 0 Å². The number of benzene rings is 4. The van der Waals surface area contributed by atoms with Crippen molar-refractivity contribution in [2.24, 2.45) is 82.9 Å². The van der Waals surface area contributed by atoms with Gasteiger partial charge in [-0.3, -0.25) is 0 Å². The van der Waals surface area contributed by atoms with E-state index in [2.05, 4.69) is 187 Å². The predicted octanol–water partition coefficient (Wildman–Crippen LogP) is 36.3. The van der Waals surface area contributed by atoms with Crippen LogP contribution in [0.25, 0.3) is 0 Å². The van der Waals surface area contributed by atoms with Gasteiger partial charge in [0.05, 0.1) is 50.3 Å². The quantitative estimate of drug-likeness (QED) is 0.140. The molecule has 2 saturated carbocycles. The SMILES string of the molecule is C.CC1=C(F)CC(C)CC1.CC1=C(F)CC(C)CC1.CC1=CCC(C)CC1.CC1=CCC(C)CC1.CC1C=CC(C)CC1.CC1CCC(C)CC1.CC1CCC(C)OC1.CC1CCC(C)OC1.CC1COC(C)OC1.CC1COC(C)OC1.CCC1CCC(C)CC1.Cc1ccc(C)c(F)c1.Cc1ccc(C)c(F)c1.Cc1ccc(C)c(F)c1F.Cc1ccc(C)cc1. The molecule has 0 amide bonds. The van der Waals surface area contributed by atoms with Crippen molar-refractivity contribution in [3.05, 3.63) is 199 Å². The summed E-state index contributed by atoms with van der Waals surface area (Å²) in [5.74, 6) is 10.1. The van der Waals surface area contributed by atoms with Crippen molar-refractivity contribution in [3.63, 3.8) is 0 Å². The molecule has 15 rings (SSSR count). The molecule has 4 aliphatic heterocycles. The van der Waals surface area contributed by atoms with Crippen molar-refractivity contribution in [3.8, 4) is 0 Å². The average Bonchev–Trinajstić information content (AvgIpc) is 0.911. The van der Waals surface area contributed by atoms with Crippen LogP contribution in [0.4, 0.5) is 26.3 Å². The molecule has 12 heteroatoms. The Bertz CT molecular complexity index is 3270. The largest absolute Gasteiger partial charge is 0.378 e. The van der Waals surface area contributed by atoms with E-state index in [1.165, 1.54) is 185 Å². The lowest BCUT2D eigenvalue weighted by Gasteiger charge is -2.24. The van der Waals surface area contributed by atoms with E-state index in [0.29, 0.717) is 71.0 Å². The van der Waals surface area contributed by atoms with Gasteiger partial charge in [-0.25, -0.2) is 26.3 Å². The third-order valence-corrected chi connectivity index (χ3v) is 25.9. The molecule has 6 fully saturated rings. The molecule has 11 aliphatic rings. The molecule has 10 unspecified atom stereocenters. The normalized spacial score (nSPS) is 27.9. The van der Waals surface area contributed by atoms with Gasteiger partial charge in [-0.05, 0) is 341 Å². The van der Waals surface area contributed by atoms with Gasteiger partial charge in [0, 0.05) is 37.9 Å². The highest BCUT2D eigenvalue weighted by atomic mass is 19.2. The van der Waals surface area contributed by atoms with Gasteiger partial charge < -0.3 is 28.4 Å². The predicted molar refractivity (Wildman–Crippen MR) is 541 cm³/mol. The zero-order valence-corrected chi connectivity index (χ0v) is 86.7. The molecule has 0 bridgehead atoms. The minimum absolute atomic E-state index is 0. The van der Waals surface area contributed by atoms with Crippen LogP contribution in [0.15, 0.2) is 131 Å². The van der Waals surface area contributed by atoms with E-state index in [9.17, 15) is 26.3 Å². The fraction of sp³-hybridized carbons (Fsp3) is 0.707. The lowest BCUT2D eigenvalue weighted by Crippen LogP contribution is -2.27. The van der Waals surface area contributed by atoms with E-state index in [1.807, 2.05) is 53.7 Å². The van der Waals surface area contributed by atoms with Crippen LogP contribution in [0.3, 0.4) is 0 Å². The van der Waals surface area contributed by atoms with Gasteiger partial charge in [-0.1, -0.05) is 269 Å². The molecule has 0 aromatic heterocycles. The first-order chi connectivity index (χ1) is 59.8. The van der Waals surface area contributed by atoms with Crippen LogP contribution in [0.2, 0.25) is 0 Å². The fourth-order valence-electron chi connectivity index (χ4n) is 15.0. The minimum atomic E-state index is -0.736. The molecule has 4 heterocycles. The van der Waals surface area contributed by atoms with Crippen LogP contribution in [-0.2, 0) is 28.4 Å². The van der Waals surface area contributed by atoms with Crippen LogP contribution in [-0.4, -0.2) is 64.4 Å². The summed E-state index contributed by atoms with van der Waals surface area (Å²) in [6.07, 6.45) is 45.4. The second-order valence-electron chi connectivity index (χ2n) is 41.1. The fourth-order valence-corrected chi connectivity index (χ4v) is 15.0. The Kier molecular flexibility index (Phi) is 68.6. The molecule has 4 aromatic carbocycles. The molecule has 0 spiro atoms. The van der Waals surface area contributed by atoms with Crippen LogP contribution < -0.4 is 0 Å². The molecule has 736 valence electrons. The van der Waals surface area contributed by atoms with E-state index < -0.39 is 11.6 Å². The summed E-state index contributed by atoms with van der Waals surface area (Å²) in [4.78, 5) is 0. The highest BCUT2D eigenvalue weighted by Gasteiger charge is 2.21. The Balaban J connectivity index is 0.00000135. The van der Waals surface area contributed by atoms with Gasteiger partial charge >= 0.3 is 0 Å². The molecule has 0 N–H and O–H groups in total. The maximum Gasteiger partial charge on any atom is 0.161 e. The molecular weight excluding hydrogens is 1600 g/mol. The highest BCUT2D eigenvalue weighted by Crippen LogP contribution is 2.33. The smallest absolute Gasteiger partial charge is 0.161 e. The lowest BCUT2D eigenvalue weighted by molar-refractivity contribution is -0.187. The van der Waals surface area contributed by atoms with Gasteiger partial charge in [0.15, 0.2) is 24.2 Å². The Labute approximate surface area is 784 Å². The second kappa shape index (κ2) is 71.5. The number of ether oxygens (including phenoxy) is 6. The molecule has 4 saturated heterocycles. The number of hydrogen-bond acceptors (Lipinski definition) is 6. The topological polar surface area (TPSA) is 55.4 Å². The second-order valence-corrected chi connectivity index (χ2v) is 41.1. The van der Waals surface area contributed by atoms with E-state index in [4.69, 9.17) is 28.4 Å². The zero-order valence-electron chi connectivity index (χ0n) is 86.7. The van der Waals surface area contributed by atoms with Crippen molar-refractivity contribution in [1.29, 1.82) is 0 Å². The van der Waals surface area contributed by atoms with Gasteiger partial charge in [0.2, 0.25) is 0 Å². The number of allylic oxidation sites excluding steroid dienone is 10. The summed E-state index contributed by atoms with van der Waals surface area (Å²) < 4.78 is 107. The van der Waals surface area contributed by atoms with E-state index in [0.717, 1.165) is 134 Å². The molecule has 0 radical (unpaired) electrons. The third kappa shape index (κ3) is 63.2. The van der Waals surface area contributed by atoms with Crippen LogP contribution in [0.1, 0.15) is 378 Å². The van der Waals surface area contributed by atoms with Gasteiger partial charge in [0.25, 0.3) is 0 Å². The van der Waals surface area contributed by atoms with Crippen molar-refractivity contribution < 1.29 is 54.8 Å². The van der Waals surface area contributed by atoms with Crippen LogP contribution >= 0.6 is 0 Å². The third-order valence-electron chi connectivity index (χ3n) is 25.9. The number of halogens is 6. The first-order valence-corrected chi connectivity index (χ1v) is 50.1. The summed E-state index contributed by atoms with van der Waals surface area (Å²) in [6.45, 7) is 67.8. The Morgan fingerprint density at radius 2 is 0.562 bits per heavy atom. The van der Waals surface area contributed by atoms with Crippen LogP contribution in [0, 0.1) is 162 Å². The molecule has 7 aliphatic carbocycles. The van der Waals surface area contributed by atoms with E-state index in [1.54, 1.807) is 49.3 Å². The molecular formula is C116H194F6O6. The summed E-state index contributed by atoms with van der Waals surface area (Å²) in [5.41, 5.74) is 11.8. The average molecular weight is 1800 g/mol. The van der Waals surface area contributed by atoms with Crippen molar-refractivity contribution in [2.75, 3.05) is 39.6 Å². The first kappa shape index (κ1) is 123. The number of rotatable bonds is 1. The van der Waals surface area contributed by atoms with Crippen molar-refractivity contribution >= 4 is 0 Å².